The number of rotatable bonds is 3. The molecule has 0 bridgehead atoms. The van der Waals surface area contributed by atoms with Crippen LogP contribution < -0.4 is 0 Å². The summed E-state index contributed by atoms with van der Waals surface area (Å²) in [7, 11) is 0. The summed E-state index contributed by atoms with van der Waals surface area (Å²) in [5.74, 6) is 1.15. The van der Waals surface area contributed by atoms with Crippen LogP contribution in [0.15, 0.2) is 39.4 Å². The highest BCUT2D eigenvalue weighted by Gasteiger charge is 2.22. The molecule has 110 valence electrons. The number of hydrogen-bond donors (Lipinski definition) is 0. The molecular weight excluding hydrogens is 359 g/mol. The third-order valence-electron chi connectivity index (χ3n) is 3.46. The van der Waals surface area contributed by atoms with E-state index in [0.29, 0.717) is 15.8 Å². The second-order valence-electron chi connectivity index (χ2n) is 4.90. The van der Waals surface area contributed by atoms with E-state index >= 15 is 0 Å². The number of halogens is 3. The van der Waals surface area contributed by atoms with Crippen LogP contribution in [0.1, 0.15) is 36.9 Å². The zero-order valence-electron chi connectivity index (χ0n) is 11.5. The molecule has 3 nitrogen and oxygen atoms in total. The number of furan rings is 1. The van der Waals surface area contributed by atoms with Crippen molar-refractivity contribution in [2.75, 3.05) is 0 Å². The molecule has 2 atom stereocenters. The van der Waals surface area contributed by atoms with Gasteiger partial charge in [-0.05, 0) is 48.0 Å². The maximum atomic E-state index is 13.7. The predicted molar refractivity (Wildman–Crippen MR) is 84.2 cm³/mol. The van der Waals surface area contributed by atoms with E-state index in [-0.39, 0.29) is 17.2 Å². The number of hydrogen-bond acceptors (Lipinski definition) is 2. The molecule has 21 heavy (non-hydrogen) atoms. The number of aromatic nitrogens is 2. The summed E-state index contributed by atoms with van der Waals surface area (Å²) in [4.78, 5) is 4.47. The van der Waals surface area contributed by atoms with Crippen LogP contribution in [0.3, 0.4) is 0 Å². The molecule has 6 heteroatoms. The Morgan fingerprint density at radius 2 is 2.14 bits per heavy atom. The van der Waals surface area contributed by atoms with Crippen LogP contribution in [-0.2, 0) is 0 Å². The van der Waals surface area contributed by atoms with Gasteiger partial charge in [0.15, 0.2) is 0 Å². The molecule has 0 aliphatic rings. The van der Waals surface area contributed by atoms with Crippen LogP contribution in [0, 0.1) is 5.82 Å². The summed E-state index contributed by atoms with van der Waals surface area (Å²) in [5.41, 5.74) is 1.39. The highest BCUT2D eigenvalue weighted by atomic mass is 79.9. The third kappa shape index (κ3) is 2.49. The second kappa shape index (κ2) is 5.46. The van der Waals surface area contributed by atoms with Gasteiger partial charge in [0.1, 0.15) is 17.4 Å². The van der Waals surface area contributed by atoms with Crippen molar-refractivity contribution in [3.05, 3.63) is 52.4 Å². The van der Waals surface area contributed by atoms with Gasteiger partial charge >= 0.3 is 0 Å². The van der Waals surface area contributed by atoms with E-state index in [4.69, 9.17) is 16.0 Å². The molecule has 2 aromatic heterocycles. The largest absolute Gasteiger partial charge is 0.467 e. The Labute approximate surface area is 134 Å². The molecule has 0 saturated carbocycles. The van der Waals surface area contributed by atoms with Gasteiger partial charge in [-0.15, -0.1) is 11.6 Å². The molecule has 3 rings (SSSR count). The van der Waals surface area contributed by atoms with Crippen LogP contribution >= 0.6 is 27.5 Å². The monoisotopic (exact) mass is 370 g/mol. The quantitative estimate of drug-likeness (QED) is 0.574. The SMILES string of the molecule is CC(Cl)c1nc2cc(F)c(Br)cc2n1C(C)c1ccco1. The van der Waals surface area contributed by atoms with Gasteiger partial charge in [0.05, 0.1) is 33.2 Å². The smallest absolute Gasteiger partial charge is 0.139 e. The highest BCUT2D eigenvalue weighted by molar-refractivity contribution is 9.10. The molecule has 0 radical (unpaired) electrons. The average Bonchev–Trinajstić information content (AvgIpc) is 3.06. The molecule has 0 amide bonds. The number of fused-ring (bicyclic) bond motifs is 1. The summed E-state index contributed by atoms with van der Waals surface area (Å²) >= 11 is 9.47. The van der Waals surface area contributed by atoms with Crippen molar-refractivity contribution >= 4 is 38.6 Å². The lowest BCUT2D eigenvalue weighted by atomic mass is 10.2. The van der Waals surface area contributed by atoms with Gasteiger partial charge in [-0.2, -0.15) is 0 Å². The number of alkyl halides is 1. The van der Waals surface area contributed by atoms with Gasteiger partial charge < -0.3 is 8.98 Å². The first-order valence-corrected chi connectivity index (χ1v) is 7.76. The normalized spacial score (nSPS) is 14.5. The van der Waals surface area contributed by atoms with E-state index in [1.54, 1.807) is 12.3 Å². The van der Waals surface area contributed by atoms with Gasteiger partial charge in [-0.25, -0.2) is 9.37 Å². The minimum absolute atomic E-state index is 0.0847. The van der Waals surface area contributed by atoms with Gasteiger partial charge in [0, 0.05) is 6.07 Å². The van der Waals surface area contributed by atoms with E-state index in [1.165, 1.54) is 6.07 Å². The van der Waals surface area contributed by atoms with Crippen LogP contribution in [0.2, 0.25) is 0 Å². The summed E-state index contributed by atoms with van der Waals surface area (Å²) < 4.78 is 21.6. The number of benzene rings is 1. The van der Waals surface area contributed by atoms with Crippen molar-refractivity contribution in [2.24, 2.45) is 0 Å². The van der Waals surface area contributed by atoms with Crippen LogP contribution in [-0.4, -0.2) is 9.55 Å². The summed E-state index contributed by atoms with van der Waals surface area (Å²) in [6.45, 7) is 3.85. The zero-order chi connectivity index (χ0) is 15.1. The Kier molecular flexibility index (Phi) is 3.80. The Balaban J connectivity index is 2.27. The minimum atomic E-state index is -0.341. The van der Waals surface area contributed by atoms with Crippen molar-refractivity contribution in [3.8, 4) is 0 Å². The molecule has 0 aliphatic heterocycles. The maximum Gasteiger partial charge on any atom is 0.139 e. The molecule has 2 unspecified atom stereocenters. The van der Waals surface area contributed by atoms with Crippen molar-refractivity contribution in [1.82, 2.24) is 9.55 Å². The highest BCUT2D eigenvalue weighted by Crippen LogP contribution is 2.33. The van der Waals surface area contributed by atoms with Crippen LogP contribution in [0.25, 0.3) is 11.0 Å². The fourth-order valence-corrected chi connectivity index (χ4v) is 2.94. The molecule has 0 aliphatic carbocycles. The number of nitrogens with zero attached hydrogens (tertiary/aromatic N) is 2. The summed E-state index contributed by atoms with van der Waals surface area (Å²) in [5, 5.41) is -0.295. The molecule has 2 heterocycles. The predicted octanol–water partition coefficient (Wildman–Crippen LogP) is 5.44. The van der Waals surface area contributed by atoms with E-state index in [0.717, 1.165) is 11.3 Å². The van der Waals surface area contributed by atoms with Crippen molar-refractivity contribution in [2.45, 2.75) is 25.3 Å². The molecule has 0 N–H and O–H groups in total. The van der Waals surface area contributed by atoms with E-state index in [9.17, 15) is 4.39 Å². The van der Waals surface area contributed by atoms with Gasteiger partial charge in [0.25, 0.3) is 0 Å². The summed E-state index contributed by atoms with van der Waals surface area (Å²) in [6, 6.07) is 6.79. The molecule has 0 fully saturated rings. The van der Waals surface area contributed by atoms with Crippen molar-refractivity contribution in [3.63, 3.8) is 0 Å². The van der Waals surface area contributed by atoms with Gasteiger partial charge in [-0.3, -0.25) is 0 Å². The van der Waals surface area contributed by atoms with E-state index in [2.05, 4.69) is 20.9 Å². The van der Waals surface area contributed by atoms with Crippen LogP contribution in [0.4, 0.5) is 4.39 Å². The van der Waals surface area contributed by atoms with E-state index in [1.807, 2.05) is 30.5 Å². The van der Waals surface area contributed by atoms with Crippen molar-refractivity contribution < 1.29 is 8.81 Å². The average molecular weight is 372 g/mol. The maximum absolute atomic E-state index is 13.7. The fraction of sp³-hybridized carbons (Fsp3) is 0.267. The molecule has 0 spiro atoms. The fourth-order valence-electron chi connectivity index (χ4n) is 2.45. The van der Waals surface area contributed by atoms with E-state index < -0.39 is 0 Å². The van der Waals surface area contributed by atoms with Crippen LogP contribution in [0.5, 0.6) is 0 Å². The van der Waals surface area contributed by atoms with Gasteiger partial charge in [0.2, 0.25) is 0 Å². The standard InChI is InChI=1S/C15H13BrClFN2O/c1-8(17)15-19-12-7-11(18)10(16)6-13(12)20(15)9(2)14-4-3-5-21-14/h3-9H,1-2H3. The Bertz CT molecular complexity index is 783. The Morgan fingerprint density at radius 1 is 1.38 bits per heavy atom. The molecular formula is C15H13BrClFN2O. The Morgan fingerprint density at radius 3 is 2.76 bits per heavy atom. The first-order chi connectivity index (χ1) is 9.99. The lowest BCUT2D eigenvalue weighted by molar-refractivity contribution is 0.444. The Hall–Kier alpha value is -1.33. The number of imidazole rings is 1. The summed E-state index contributed by atoms with van der Waals surface area (Å²) in [6.07, 6.45) is 1.63. The molecule has 3 aromatic rings. The topological polar surface area (TPSA) is 31.0 Å². The first kappa shape index (κ1) is 14.6. The lowest BCUT2D eigenvalue weighted by Gasteiger charge is -2.16. The van der Waals surface area contributed by atoms with Crippen molar-refractivity contribution in [1.29, 1.82) is 0 Å². The molecule has 0 saturated heterocycles. The second-order valence-corrected chi connectivity index (χ2v) is 6.41. The third-order valence-corrected chi connectivity index (χ3v) is 4.26. The lowest BCUT2D eigenvalue weighted by Crippen LogP contribution is -2.10. The molecule has 1 aromatic carbocycles. The van der Waals surface area contributed by atoms with Gasteiger partial charge in [-0.1, -0.05) is 0 Å². The first-order valence-electron chi connectivity index (χ1n) is 6.53. The zero-order valence-corrected chi connectivity index (χ0v) is 13.8. The minimum Gasteiger partial charge on any atom is -0.467 e.